The smallest absolute Gasteiger partial charge is 0.117 e. The average Bonchev–Trinajstić information content (AvgIpc) is 2.88. The van der Waals surface area contributed by atoms with Crippen LogP contribution in [-0.2, 0) is 19.5 Å². The molecule has 0 saturated heterocycles. The number of furan rings is 1. The highest BCUT2D eigenvalue weighted by atomic mass is 32.1. The summed E-state index contributed by atoms with van der Waals surface area (Å²) in [5.41, 5.74) is 0. The maximum atomic E-state index is 5.57. The lowest BCUT2D eigenvalue weighted by atomic mass is 10.3. The van der Waals surface area contributed by atoms with Crippen molar-refractivity contribution in [2.75, 3.05) is 0 Å². The van der Waals surface area contributed by atoms with E-state index in [-0.39, 0.29) is 0 Å². The molecular formula is C11H14N2OS. The van der Waals surface area contributed by atoms with Gasteiger partial charge in [0.15, 0.2) is 0 Å². The van der Waals surface area contributed by atoms with Gasteiger partial charge >= 0.3 is 0 Å². The van der Waals surface area contributed by atoms with Gasteiger partial charge in [0.2, 0.25) is 0 Å². The van der Waals surface area contributed by atoms with Crippen LogP contribution >= 0.6 is 11.3 Å². The molecule has 3 nitrogen and oxygen atoms in total. The summed E-state index contributed by atoms with van der Waals surface area (Å²) < 4.78 is 5.57. The zero-order valence-corrected chi connectivity index (χ0v) is 9.51. The minimum Gasteiger partial charge on any atom is -0.465 e. The van der Waals surface area contributed by atoms with E-state index in [1.807, 2.05) is 23.7 Å². The van der Waals surface area contributed by atoms with Crippen molar-refractivity contribution >= 4 is 11.3 Å². The van der Waals surface area contributed by atoms with Gasteiger partial charge in [0, 0.05) is 24.5 Å². The predicted molar refractivity (Wildman–Crippen MR) is 60.7 cm³/mol. The van der Waals surface area contributed by atoms with Gasteiger partial charge in [-0.2, -0.15) is 0 Å². The van der Waals surface area contributed by atoms with Crippen molar-refractivity contribution in [3.63, 3.8) is 0 Å². The third-order valence-corrected chi connectivity index (χ3v) is 2.90. The molecule has 80 valence electrons. The van der Waals surface area contributed by atoms with Crippen molar-refractivity contribution in [3.05, 3.63) is 40.2 Å². The van der Waals surface area contributed by atoms with Crippen LogP contribution in [0.3, 0.4) is 0 Å². The SMILES string of the molecule is CCc1ccc(CNCc2nccs2)o1. The Balaban J connectivity index is 1.78. The van der Waals surface area contributed by atoms with Crippen LogP contribution < -0.4 is 5.32 Å². The number of thiazole rings is 1. The van der Waals surface area contributed by atoms with Crippen molar-refractivity contribution in [2.24, 2.45) is 0 Å². The summed E-state index contributed by atoms with van der Waals surface area (Å²) in [4.78, 5) is 4.19. The maximum Gasteiger partial charge on any atom is 0.117 e. The summed E-state index contributed by atoms with van der Waals surface area (Å²) >= 11 is 1.66. The van der Waals surface area contributed by atoms with Crippen LogP contribution in [-0.4, -0.2) is 4.98 Å². The second kappa shape index (κ2) is 5.09. The Morgan fingerprint density at radius 1 is 1.33 bits per heavy atom. The molecule has 2 heterocycles. The van der Waals surface area contributed by atoms with Crippen LogP contribution in [0.15, 0.2) is 28.1 Å². The summed E-state index contributed by atoms with van der Waals surface area (Å²) in [7, 11) is 0. The fourth-order valence-corrected chi connectivity index (χ4v) is 1.93. The average molecular weight is 222 g/mol. The number of nitrogens with zero attached hydrogens (tertiary/aromatic N) is 1. The summed E-state index contributed by atoms with van der Waals surface area (Å²) in [6.07, 6.45) is 2.77. The molecule has 2 rings (SSSR count). The number of aryl methyl sites for hydroxylation is 1. The zero-order valence-electron chi connectivity index (χ0n) is 8.69. The molecule has 0 aliphatic carbocycles. The number of aromatic nitrogens is 1. The Bertz CT molecular complexity index is 394. The molecule has 0 aromatic carbocycles. The fraction of sp³-hybridized carbons (Fsp3) is 0.364. The molecule has 0 atom stereocenters. The van der Waals surface area contributed by atoms with Crippen LogP contribution in [0.25, 0.3) is 0 Å². The second-order valence-electron chi connectivity index (χ2n) is 3.25. The van der Waals surface area contributed by atoms with E-state index >= 15 is 0 Å². The molecule has 0 bridgehead atoms. The van der Waals surface area contributed by atoms with Crippen LogP contribution in [0.1, 0.15) is 23.5 Å². The normalized spacial score (nSPS) is 10.7. The molecule has 15 heavy (non-hydrogen) atoms. The van der Waals surface area contributed by atoms with Crippen molar-refractivity contribution in [1.82, 2.24) is 10.3 Å². The molecule has 2 aromatic rings. The predicted octanol–water partition coefficient (Wildman–Crippen LogP) is 2.59. The van der Waals surface area contributed by atoms with Gasteiger partial charge < -0.3 is 9.73 Å². The molecule has 1 N–H and O–H groups in total. The number of nitrogens with one attached hydrogen (secondary N) is 1. The second-order valence-corrected chi connectivity index (χ2v) is 4.23. The summed E-state index contributed by atoms with van der Waals surface area (Å²) in [6.45, 7) is 3.66. The Kier molecular flexibility index (Phi) is 3.53. The van der Waals surface area contributed by atoms with Gasteiger partial charge in [0.1, 0.15) is 16.5 Å². The highest BCUT2D eigenvalue weighted by Crippen LogP contribution is 2.08. The minimum atomic E-state index is 0.763. The van der Waals surface area contributed by atoms with Gasteiger partial charge in [-0.15, -0.1) is 11.3 Å². The summed E-state index contributed by atoms with van der Waals surface area (Å²) in [5, 5.41) is 6.39. The highest BCUT2D eigenvalue weighted by molar-refractivity contribution is 7.09. The molecule has 0 spiro atoms. The Hall–Kier alpha value is -1.13. The van der Waals surface area contributed by atoms with Crippen molar-refractivity contribution in [2.45, 2.75) is 26.4 Å². The van der Waals surface area contributed by atoms with E-state index in [1.54, 1.807) is 11.3 Å². The molecule has 0 radical (unpaired) electrons. The summed E-state index contributed by atoms with van der Waals surface area (Å²) in [6, 6.07) is 4.05. The molecule has 0 aliphatic rings. The third-order valence-electron chi connectivity index (χ3n) is 2.12. The van der Waals surface area contributed by atoms with Gasteiger partial charge in [-0.25, -0.2) is 4.98 Å². The Labute approximate surface area is 93.2 Å². The lowest BCUT2D eigenvalue weighted by Gasteiger charge is -1.98. The van der Waals surface area contributed by atoms with Crippen LogP contribution in [0.2, 0.25) is 0 Å². The van der Waals surface area contributed by atoms with Gasteiger partial charge in [-0.3, -0.25) is 0 Å². The van der Waals surface area contributed by atoms with Crippen molar-refractivity contribution in [1.29, 1.82) is 0 Å². The zero-order chi connectivity index (χ0) is 10.5. The molecule has 0 fully saturated rings. The Morgan fingerprint density at radius 2 is 2.20 bits per heavy atom. The standard InChI is InChI=1S/C11H14N2OS/c1-2-9-3-4-10(14-9)7-12-8-11-13-5-6-15-11/h3-6,12H,2,7-8H2,1H3. The van der Waals surface area contributed by atoms with E-state index in [2.05, 4.69) is 17.2 Å². The quantitative estimate of drug-likeness (QED) is 0.845. The first-order chi connectivity index (χ1) is 7.38. The largest absolute Gasteiger partial charge is 0.465 e. The van der Waals surface area contributed by atoms with Crippen molar-refractivity contribution in [3.8, 4) is 0 Å². The molecule has 4 heteroatoms. The van der Waals surface area contributed by atoms with Gasteiger partial charge in [-0.05, 0) is 12.1 Å². The monoisotopic (exact) mass is 222 g/mol. The summed E-state index contributed by atoms with van der Waals surface area (Å²) in [5.74, 6) is 2.03. The third kappa shape index (κ3) is 2.91. The first-order valence-electron chi connectivity index (χ1n) is 5.05. The van der Waals surface area contributed by atoms with Gasteiger partial charge in [0.25, 0.3) is 0 Å². The van der Waals surface area contributed by atoms with Crippen LogP contribution in [0.4, 0.5) is 0 Å². The molecule has 2 aromatic heterocycles. The number of rotatable bonds is 5. The van der Waals surface area contributed by atoms with E-state index in [0.29, 0.717) is 0 Å². The van der Waals surface area contributed by atoms with E-state index in [1.165, 1.54) is 0 Å². The molecule has 0 saturated carbocycles. The molecule has 0 aliphatic heterocycles. The highest BCUT2D eigenvalue weighted by Gasteiger charge is 2.00. The van der Waals surface area contributed by atoms with E-state index in [0.717, 1.165) is 36.0 Å². The fourth-order valence-electron chi connectivity index (χ4n) is 1.34. The van der Waals surface area contributed by atoms with Gasteiger partial charge in [0.05, 0.1) is 6.54 Å². The van der Waals surface area contributed by atoms with E-state index in [4.69, 9.17) is 4.42 Å². The lowest BCUT2D eigenvalue weighted by Crippen LogP contribution is -2.11. The Morgan fingerprint density at radius 3 is 2.87 bits per heavy atom. The number of hydrogen-bond donors (Lipinski definition) is 1. The van der Waals surface area contributed by atoms with E-state index in [9.17, 15) is 0 Å². The van der Waals surface area contributed by atoms with E-state index < -0.39 is 0 Å². The van der Waals surface area contributed by atoms with Crippen molar-refractivity contribution < 1.29 is 4.42 Å². The minimum absolute atomic E-state index is 0.763. The maximum absolute atomic E-state index is 5.57. The van der Waals surface area contributed by atoms with Crippen LogP contribution in [0.5, 0.6) is 0 Å². The van der Waals surface area contributed by atoms with Crippen LogP contribution in [0, 0.1) is 0 Å². The lowest BCUT2D eigenvalue weighted by molar-refractivity contribution is 0.450. The topological polar surface area (TPSA) is 38.1 Å². The molecular weight excluding hydrogens is 208 g/mol. The van der Waals surface area contributed by atoms with Gasteiger partial charge in [-0.1, -0.05) is 6.92 Å². The number of hydrogen-bond acceptors (Lipinski definition) is 4. The molecule has 0 unspecified atom stereocenters. The first-order valence-corrected chi connectivity index (χ1v) is 5.93. The molecule has 0 amide bonds. The first kappa shape index (κ1) is 10.4.